The van der Waals surface area contributed by atoms with E-state index in [1.54, 1.807) is 0 Å². The van der Waals surface area contributed by atoms with Crippen LogP contribution in [0, 0.1) is 5.82 Å². The normalized spacial score (nSPS) is 11.8. The van der Waals surface area contributed by atoms with E-state index < -0.39 is 17.6 Å². The third-order valence-electron chi connectivity index (χ3n) is 2.02. The van der Waals surface area contributed by atoms with Crippen molar-refractivity contribution in [2.75, 3.05) is 0 Å². The summed E-state index contributed by atoms with van der Waals surface area (Å²) in [6.45, 7) is 0. The Balaban J connectivity index is 2.58. The Morgan fingerprint density at radius 1 is 1.12 bits per heavy atom. The van der Waals surface area contributed by atoms with Crippen LogP contribution in [0.4, 0.5) is 17.6 Å². The number of hydrogen-bond acceptors (Lipinski definition) is 2. The predicted molar refractivity (Wildman–Crippen MR) is 46.9 cm³/mol. The Morgan fingerprint density at radius 3 is 2.44 bits per heavy atom. The zero-order valence-electron chi connectivity index (χ0n) is 7.75. The van der Waals surface area contributed by atoms with Gasteiger partial charge in [-0.05, 0) is 12.1 Å². The summed E-state index contributed by atoms with van der Waals surface area (Å²) in [7, 11) is 0. The summed E-state index contributed by atoms with van der Waals surface area (Å²) in [4.78, 5) is 0. The maximum atomic E-state index is 13.5. The monoisotopic (exact) mass is 231 g/mol. The lowest BCUT2D eigenvalue weighted by Crippen LogP contribution is -2.08. The number of hydrogen-bond donors (Lipinski definition) is 0. The number of rotatable bonds is 1. The van der Waals surface area contributed by atoms with Gasteiger partial charge in [-0.1, -0.05) is 11.2 Å². The maximum absolute atomic E-state index is 13.5. The summed E-state index contributed by atoms with van der Waals surface area (Å²) in [5, 5.41) is 3.39. The second-order valence-electron chi connectivity index (χ2n) is 3.05. The van der Waals surface area contributed by atoms with Crippen molar-refractivity contribution in [3.8, 4) is 11.3 Å². The average Bonchev–Trinajstić information content (AvgIpc) is 2.69. The van der Waals surface area contributed by atoms with Crippen LogP contribution in [0.5, 0.6) is 0 Å². The van der Waals surface area contributed by atoms with Crippen molar-refractivity contribution < 1.29 is 22.1 Å². The van der Waals surface area contributed by atoms with Gasteiger partial charge in [-0.25, -0.2) is 4.39 Å². The van der Waals surface area contributed by atoms with E-state index in [2.05, 4.69) is 9.68 Å². The molecule has 0 fully saturated rings. The van der Waals surface area contributed by atoms with Crippen molar-refractivity contribution in [1.29, 1.82) is 0 Å². The van der Waals surface area contributed by atoms with Gasteiger partial charge >= 0.3 is 6.18 Å². The van der Waals surface area contributed by atoms with Crippen LogP contribution in [-0.2, 0) is 6.18 Å². The van der Waals surface area contributed by atoms with Crippen molar-refractivity contribution in [2.45, 2.75) is 6.18 Å². The summed E-state index contributed by atoms with van der Waals surface area (Å²) in [6.07, 6.45) is -3.56. The fourth-order valence-electron chi connectivity index (χ4n) is 1.30. The molecule has 0 bridgehead atoms. The van der Waals surface area contributed by atoms with Crippen LogP contribution in [0.3, 0.4) is 0 Å². The van der Waals surface area contributed by atoms with Crippen molar-refractivity contribution in [3.63, 3.8) is 0 Å². The first-order chi connectivity index (χ1) is 7.50. The fourth-order valence-corrected chi connectivity index (χ4v) is 1.30. The molecule has 0 spiro atoms. The average molecular weight is 231 g/mol. The van der Waals surface area contributed by atoms with E-state index in [0.717, 1.165) is 12.3 Å². The van der Waals surface area contributed by atoms with Crippen LogP contribution >= 0.6 is 0 Å². The summed E-state index contributed by atoms with van der Waals surface area (Å²) in [6, 6.07) is 4.30. The van der Waals surface area contributed by atoms with Crippen molar-refractivity contribution >= 4 is 0 Å². The number of benzene rings is 1. The van der Waals surface area contributed by atoms with Gasteiger partial charge in [-0.3, -0.25) is 0 Å². The minimum atomic E-state index is -4.72. The zero-order chi connectivity index (χ0) is 11.8. The molecular formula is C10H5F4NO. The maximum Gasteiger partial charge on any atom is 0.419 e. The van der Waals surface area contributed by atoms with Crippen molar-refractivity contribution in [1.82, 2.24) is 5.16 Å². The molecule has 0 N–H and O–H groups in total. The first-order valence-corrected chi connectivity index (χ1v) is 4.26. The van der Waals surface area contributed by atoms with Crippen molar-refractivity contribution in [3.05, 3.63) is 41.9 Å². The molecule has 1 aromatic carbocycles. The highest BCUT2D eigenvalue weighted by molar-refractivity contribution is 5.60. The van der Waals surface area contributed by atoms with E-state index in [9.17, 15) is 17.6 Å². The molecule has 0 saturated heterocycles. The van der Waals surface area contributed by atoms with Gasteiger partial charge in [-0.2, -0.15) is 13.2 Å². The molecule has 1 heterocycles. The lowest BCUT2D eigenvalue weighted by molar-refractivity contribution is -0.139. The molecule has 0 amide bonds. The molecule has 2 aromatic rings. The van der Waals surface area contributed by atoms with Crippen LogP contribution in [0.1, 0.15) is 5.56 Å². The highest BCUT2D eigenvalue weighted by atomic mass is 19.4. The quantitative estimate of drug-likeness (QED) is 0.702. The molecule has 1 aromatic heterocycles. The lowest BCUT2D eigenvalue weighted by atomic mass is 10.1. The largest absolute Gasteiger partial charge is 0.419 e. The first-order valence-electron chi connectivity index (χ1n) is 4.26. The van der Waals surface area contributed by atoms with Gasteiger partial charge in [0, 0.05) is 11.6 Å². The summed E-state index contributed by atoms with van der Waals surface area (Å²) >= 11 is 0. The van der Waals surface area contributed by atoms with Crippen LogP contribution in [0.15, 0.2) is 35.1 Å². The Bertz CT molecular complexity index is 490. The van der Waals surface area contributed by atoms with Gasteiger partial charge in [0.25, 0.3) is 0 Å². The molecule has 2 rings (SSSR count). The number of halogens is 4. The van der Waals surface area contributed by atoms with Crippen LogP contribution < -0.4 is 0 Å². The highest BCUT2D eigenvalue weighted by Gasteiger charge is 2.35. The van der Waals surface area contributed by atoms with Gasteiger partial charge in [-0.15, -0.1) is 0 Å². The zero-order valence-corrected chi connectivity index (χ0v) is 7.75. The molecular weight excluding hydrogens is 226 g/mol. The topological polar surface area (TPSA) is 26.0 Å². The molecule has 0 radical (unpaired) electrons. The molecule has 16 heavy (non-hydrogen) atoms. The highest BCUT2D eigenvalue weighted by Crippen LogP contribution is 2.34. The van der Waals surface area contributed by atoms with Crippen LogP contribution in [0.2, 0.25) is 0 Å². The number of alkyl halides is 3. The van der Waals surface area contributed by atoms with Crippen LogP contribution in [-0.4, -0.2) is 5.16 Å². The SMILES string of the molecule is Fc1c(-c2ccon2)cccc1C(F)(F)F. The van der Waals surface area contributed by atoms with Gasteiger partial charge in [0.2, 0.25) is 0 Å². The first kappa shape index (κ1) is 10.7. The van der Waals surface area contributed by atoms with E-state index in [4.69, 9.17) is 0 Å². The number of nitrogens with zero attached hydrogens (tertiary/aromatic N) is 1. The summed E-state index contributed by atoms with van der Waals surface area (Å²) in [5.74, 6) is -1.34. The third kappa shape index (κ3) is 1.78. The molecule has 0 aliphatic heterocycles. The molecule has 0 aliphatic rings. The molecule has 0 aliphatic carbocycles. The van der Waals surface area contributed by atoms with E-state index in [1.165, 1.54) is 12.1 Å². The van der Waals surface area contributed by atoms with Gasteiger partial charge in [0.05, 0.1) is 5.56 Å². The molecule has 0 atom stereocenters. The third-order valence-corrected chi connectivity index (χ3v) is 2.02. The molecule has 84 valence electrons. The fraction of sp³-hybridized carbons (Fsp3) is 0.100. The number of aromatic nitrogens is 1. The van der Waals surface area contributed by atoms with E-state index in [0.29, 0.717) is 6.07 Å². The Morgan fingerprint density at radius 2 is 1.88 bits per heavy atom. The minimum Gasteiger partial charge on any atom is -0.364 e. The molecule has 0 saturated carbocycles. The van der Waals surface area contributed by atoms with Crippen LogP contribution in [0.25, 0.3) is 11.3 Å². The Kier molecular flexibility index (Phi) is 2.41. The summed E-state index contributed by atoms with van der Waals surface area (Å²) in [5.41, 5.74) is -1.51. The van der Waals surface area contributed by atoms with E-state index in [1.807, 2.05) is 0 Å². The lowest BCUT2D eigenvalue weighted by Gasteiger charge is -2.09. The van der Waals surface area contributed by atoms with E-state index >= 15 is 0 Å². The minimum absolute atomic E-state index is 0.0311. The Hall–Kier alpha value is -1.85. The summed E-state index contributed by atoms with van der Waals surface area (Å²) < 4.78 is 55.1. The van der Waals surface area contributed by atoms with Crippen molar-refractivity contribution in [2.24, 2.45) is 0 Å². The molecule has 0 unspecified atom stereocenters. The second-order valence-corrected chi connectivity index (χ2v) is 3.05. The van der Waals surface area contributed by atoms with Gasteiger partial charge in [0.15, 0.2) is 0 Å². The molecule has 6 heteroatoms. The standard InChI is InChI=1S/C10H5F4NO/c11-9-6(8-4-5-16-15-8)2-1-3-7(9)10(12,13)14/h1-5H. The van der Waals surface area contributed by atoms with Gasteiger partial charge < -0.3 is 4.52 Å². The molecule has 2 nitrogen and oxygen atoms in total. The second kappa shape index (κ2) is 3.62. The van der Waals surface area contributed by atoms with E-state index in [-0.39, 0.29) is 11.3 Å². The Labute approximate surface area is 87.5 Å². The predicted octanol–water partition coefficient (Wildman–Crippen LogP) is 3.50. The van der Waals surface area contributed by atoms with Gasteiger partial charge in [0.1, 0.15) is 17.8 Å². The smallest absolute Gasteiger partial charge is 0.364 e.